The molecule has 5 aromatic rings. The lowest BCUT2D eigenvalue weighted by atomic mass is 9.59. The van der Waals surface area contributed by atoms with E-state index >= 15 is 4.79 Å². The number of benzene rings is 5. The molecule has 5 aromatic carbocycles. The number of hydrazone groups is 1. The molecular weight excluding hydrogens is 607 g/mol. The number of carbonyl (C=O) groups excluding carboxylic acids is 2. The molecule has 1 amide bonds. The Labute approximate surface area is 274 Å². The molecule has 47 heavy (non-hydrogen) atoms. The summed E-state index contributed by atoms with van der Waals surface area (Å²) in [6.07, 6.45) is -0.0377. The predicted octanol–water partition coefficient (Wildman–Crippen LogP) is 7.71. The van der Waals surface area contributed by atoms with Crippen LogP contribution in [0.4, 0.5) is 11.4 Å². The first-order valence-corrected chi connectivity index (χ1v) is 17.0. The van der Waals surface area contributed by atoms with E-state index in [-0.39, 0.29) is 23.0 Å². The van der Waals surface area contributed by atoms with Gasteiger partial charge in [0.2, 0.25) is 0 Å². The van der Waals surface area contributed by atoms with Gasteiger partial charge >= 0.3 is 0 Å². The maximum absolute atomic E-state index is 15.3. The summed E-state index contributed by atoms with van der Waals surface area (Å²) in [7, 11) is -4.26. The van der Waals surface area contributed by atoms with Gasteiger partial charge in [-0.25, -0.2) is 8.42 Å². The molecule has 0 aromatic heterocycles. The Hall–Kier alpha value is -5.34. The minimum Gasteiger partial charge on any atom is -0.294 e. The first-order chi connectivity index (χ1) is 22.7. The van der Waals surface area contributed by atoms with E-state index in [1.165, 1.54) is 9.31 Å². The van der Waals surface area contributed by atoms with Crippen molar-refractivity contribution in [1.29, 1.82) is 0 Å². The van der Waals surface area contributed by atoms with Crippen molar-refractivity contribution in [3.8, 4) is 0 Å². The second kappa shape index (κ2) is 11.8. The van der Waals surface area contributed by atoms with Gasteiger partial charge < -0.3 is 0 Å². The number of fused-ring (bicyclic) bond motifs is 1. The summed E-state index contributed by atoms with van der Waals surface area (Å²) in [5, 5.41) is 6.24. The fraction of sp³-hybridized carbons (Fsp3) is 0.154. The van der Waals surface area contributed by atoms with Crippen LogP contribution in [0.15, 0.2) is 150 Å². The molecule has 234 valence electrons. The van der Waals surface area contributed by atoms with Crippen LogP contribution in [-0.4, -0.2) is 25.8 Å². The molecule has 8 heteroatoms. The van der Waals surface area contributed by atoms with Crippen molar-refractivity contribution in [2.45, 2.75) is 37.1 Å². The van der Waals surface area contributed by atoms with Gasteiger partial charge in [0.1, 0.15) is 5.41 Å². The molecule has 2 heterocycles. The fourth-order valence-electron chi connectivity index (χ4n) is 7.14. The topological polar surface area (TPSA) is 87.1 Å². The Kier molecular flexibility index (Phi) is 7.60. The highest BCUT2D eigenvalue weighted by Gasteiger charge is 2.66. The van der Waals surface area contributed by atoms with Crippen LogP contribution >= 0.6 is 0 Å². The largest absolute Gasteiger partial charge is 0.294 e. The lowest BCUT2D eigenvalue weighted by Crippen LogP contribution is -2.58. The van der Waals surface area contributed by atoms with E-state index in [0.717, 1.165) is 5.56 Å². The smallest absolute Gasteiger partial charge is 0.264 e. The molecule has 0 N–H and O–H groups in total. The molecule has 7 nitrogen and oxygen atoms in total. The van der Waals surface area contributed by atoms with E-state index in [1.54, 1.807) is 67.6 Å². The van der Waals surface area contributed by atoms with E-state index in [0.29, 0.717) is 33.8 Å². The molecular formula is C39H33N3O4S. The van der Waals surface area contributed by atoms with Crippen molar-refractivity contribution in [1.82, 2.24) is 0 Å². The quantitative estimate of drug-likeness (QED) is 0.171. The summed E-state index contributed by atoms with van der Waals surface area (Å²) >= 11 is 0. The second-order valence-corrected chi connectivity index (χ2v) is 13.9. The summed E-state index contributed by atoms with van der Waals surface area (Å²) in [4.78, 5) is 29.6. The molecule has 0 aliphatic carbocycles. The summed E-state index contributed by atoms with van der Waals surface area (Å²) in [5.74, 6) is -1.28. The van der Waals surface area contributed by atoms with Crippen LogP contribution in [0.1, 0.15) is 52.4 Å². The summed E-state index contributed by atoms with van der Waals surface area (Å²) in [6.45, 7) is 3.68. The molecule has 3 unspecified atom stereocenters. The molecule has 0 saturated carbocycles. The van der Waals surface area contributed by atoms with Crippen molar-refractivity contribution >= 4 is 38.8 Å². The molecule has 2 aliphatic heterocycles. The Morgan fingerprint density at radius 2 is 1.32 bits per heavy atom. The number of anilines is 2. The molecule has 1 spiro atoms. The third-order valence-electron chi connectivity index (χ3n) is 9.34. The number of ketones is 1. The van der Waals surface area contributed by atoms with E-state index in [9.17, 15) is 13.2 Å². The zero-order chi connectivity index (χ0) is 32.8. The van der Waals surface area contributed by atoms with E-state index in [2.05, 4.69) is 0 Å². The highest BCUT2D eigenvalue weighted by molar-refractivity contribution is 7.92. The maximum atomic E-state index is 15.3. The van der Waals surface area contributed by atoms with Crippen LogP contribution in [0.25, 0.3) is 0 Å². The first kappa shape index (κ1) is 30.3. The van der Waals surface area contributed by atoms with Gasteiger partial charge in [0, 0.05) is 17.9 Å². The van der Waals surface area contributed by atoms with Gasteiger partial charge in [0.05, 0.1) is 28.0 Å². The fourth-order valence-corrected chi connectivity index (χ4v) is 8.83. The number of carbonyl (C=O) groups is 2. The number of rotatable bonds is 7. The third-order valence-corrected chi connectivity index (χ3v) is 11.1. The summed E-state index contributed by atoms with van der Waals surface area (Å²) in [5.41, 5.74) is 2.50. The number of sulfonamides is 1. The van der Waals surface area contributed by atoms with Crippen LogP contribution in [-0.2, 0) is 14.8 Å². The highest BCUT2D eigenvalue weighted by atomic mass is 32.2. The van der Waals surface area contributed by atoms with Crippen LogP contribution in [0.3, 0.4) is 0 Å². The molecule has 3 atom stereocenters. The monoisotopic (exact) mass is 639 g/mol. The Morgan fingerprint density at radius 3 is 1.98 bits per heavy atom. The predicted molar refractivity (Wildman–Crippen MR) is 184 cm³/mol. The highest BCUT2D eigenvalue weighted by Crippen LogP contribution is 2.62. The number of aryl methyl sites for hydroxylation is 1. The first-order valence-electron chi connectivity index (χ1n) is 15.5. The van der Waals surface area contributed by atoms with Crippen LogP contribution < -0.4 is 9.31 Å². The zero-order valence-corrected chi connectivity index (χ0v) is 26.8. The number of hydrogen-bond acceptors (Lipinski definition) is 5. The number of nitrogens with zero attached hydrogens (tertiary/aromatic N) is 3. The molecule has 0 bridgehead atoms. The lowest BCUT2D eigenvalue weighted by Gasteiger charge is -2.52. The Bertz CT molecular complexity index is 2100. The average Bonchev–Trinajstić information content (AvgIpc) is 3.36. The van der Waals surface area contributed by atoms with Gasteiger partial charge in [-0.15, -0.1) is 0 Å². The second-order valence-electron chi connectivity index (χ2n) is 12.0. The van der Waals surface area contributed by atoms with Crippen LogP contribution in [0.2, 0.25) is 0 Å². The van der Waals surface area contributed by atoms with E-state index < -0.39 is 27.4 Å². The Morgan fingerprint density at radius 1 is 0.745 bits per heavy atom. The molecule has 0 saturated heterocycles. The average molecular weight is 640 g/mol. The molecule has 7 rings (SSSR count). The maximum Gasteiger partial charge on any atom is 0.264 e. The van der Waals surface area contributed by atoms with Gasteiger partial charge in [-0.2, -0.15) is 10.1 Å². The summed E-state index contributed by atoms with van der Waals surface area (Å²) < 4.78 is 31.4. The van der Waals surface area contributed by atoms with E-state index in [1.807, 2.05) is 85.8 Å². The van der Waals surface area contributed by atoms with Crippen molar-refractivity contribution in [2.75, 3.05) is 9.31 Å². The van der Waals surface area contributed by atoms with Crippen molar-refractivity contribution in [3.63, 3.8) is 0 Å². The van der Waals surface area contributed by atoms with Gasteiger partial charge in [-0.05, 0) is 55.3 Å². The summed E-state index contributed by atoms with van der Waals surface area (Å²) in [6, 6.07) is 40.2. The van der Waals surface area contributed by atoms with Crippen molar-refractivity contribution in [2.24, 2.45) is 10.5 Å². The lowest BCUT2D eigenvalue weighted by molar-refractivity contribution is -0.126. The SMILES string of the molecule is CC1=NN(c2ccccc2)C(=O)C12C(CC(=O)c1ccccc1)c1ccccc1N(S(=O)(=O)c1ccc(C)cc1)C2c1ccccc1. The normalized spacial score (nSPS) is 20.6. The van der Waals surface area contributed by atoms with Crippen molar-refractivity contribution < 1.29 is 18.0 Å². The molecule has 2 aliphatic rings. The minimum atomic E-state index is -4.26. The van der Waals surface area contributed by atoms with Gasteiger partial charge in [0.15, 0.2) is 5.78 Å². The number of amides is 1. The number of para-hydroxylation sites is 2. The Balaban J connectivity index is 1.55. The zero-order valence-electron chi connectivity index (χ0n) is 26.0. The molecule has 0 radical (unpaired) electrons. The van der Waals surface area contributed by atoms with Crippen LogP contribution in [0, 0.1) is 12.3 Å². The number of Topliss-reactive ketones (excluding diaryl/α,β-unsaturated/α-hetero) is 1. The van der Waals surface area contributed by atoms with E-state index in [4.69, 9.17) is 5.10 Å². The third kappa shape index (κ3) is 4.87. The van der Waals surface area contributed by atoms with Gasteiger partial charge in [-0.1, -0.05) is 115 Å². The standard InChI is InChI=1S/C39H33N3O4S/c1-27-22-24-32(25-23-27)47(45,46)42-35-21-13-12-20-33(35)34(26-36(43)29-14-6-3-7-15-29)39(37(42)30-16-8-4-9-17-30)28(2)40-41(38(39)44)31-18-10-5-11-19-31/h3-25,34,37H,26H2,1-2H3. The number of hydrogen-bond donors (Lipinski definition) is 0. The molecule has 0 fully saturated rings. The van der Waals surface area contributed by atoms with Gasteiger partial charge in [0.25, 0.3) is 15.9 Å². The van der Waals surface area contributed by atoms with Gasteiger partial charge in [-0.3, -0.25) is 13.9 Å². The van der Waals surface area contributed by atoms with Crippen LogP contribution in [0.5, 0.6) is 0 Å². The minimum absolute atomic E-state index is 0.0377. The van der Waals surface area contributed by atoms with Crippen molar-refractivity contribution in [3.05, 3.63) is 162 Å².